The molecule has 0 unspecified atom stereocenters. The molecule has 1 aromatic rings. The summed E-state index contributed by atoms with van der Waals surface area (Å²) in [7, 11) is -3.29. The van der Waals surface area contributed by atoms with E-state index < -0.39 is 15.6 Å². The van der Waals surface area contributed by atoms with Crippen LogP contribution in [-0.2, 0) is 16.6 Å². The lowest BCUT2D eigenvalue weighted by Gasteiger charge is -2.26. The maximum atomic E-state index is 11.2. The summed E-state index contributed by atoms with van der Waals surface area (Å²) in [4.78, 5) is 13.5. The van der Waals surface area contributed by atoms with E-state index >= 15 is 0 Å². The smallest absolute Gasteiger partial charge is 0.251 e. The summed E-state index contributed by atoms with van der Waals surface area (Å²) >= 11 is 4.98. The molecule has 0 radical (unpaired) electrons. The predicted molar refractivity (Wildman–Crippen MR) is 67.9 cm³/mol. The van der Waals surface area contributed by atoms with Crippen molar-refractivity contribution in [1.82, 2.24) is 14.3 Å². The third-order valence-electron chi connectivity index (χ3n) is 1.92. The van der Waals surface area contributed by atoms with Crippen molar-refractivity contribution < 1.29 is 8.42 Å². The van der Waals surface area contributed by atoms with Gasteiger partial charge in [-0.05, 0) is 26.1 Å². The van der Waals surface area contributed by atoms with Crippen LogP contribution in [0.25, 0.3) is 0 Å². The van der Waals surface area contributed by atoms with Crippen molar-refractivity contribution in [2.24, 2.45) is 0 Å². The third kappa shape index (κ3) is 4.80. The number of nitrogens with zero attached hydrogens (tertiary/aromatic N) is 1. The molecule has 0 fully saturated rings. The van der Waals surface area contributed by atoms with E-state index in [0.717, 1.165) is 6.26 Å². The Morgan fingerprint density at radius 1 is 1.53 bits per heavy atom. The van der Waals surface area contributed by atoms with Crippen LogP contribution in [-0.4, -0.2) is 29.8 Å². The van der Waals surface area contributed by atoms with Crippen LogP contribution in [0.5, 0.6) is 0 Å². The molecule has 1 aromatic heterocycles. The van der Waals surface area contributed by atoms with Crippen molar-refractivity contribution in [3.63, 3.8) is 0 Å². The summed E-state index contributed by atoms with van der Waals surface area (Å²) in [6.45, 7) is 3.80. The highest BCUT2D eigenvalue weighted by atomic mass is 32.2. The van der Waals surface area contributed by atoms with Gasteiger partial charge in [0.05, 0.1) is 6.26 Å². The second-order valence-corrected chi connectivity index (χ2v) is 6.63. The maximum Gasteiger partial charge on any atom is 0.251 e. The standard InChI is InChI=1S/C9H15N3O3S2/c1-9(2,11-17(3,14)15)6-12-5-4-7(13)10-8(12)16/h4-5,11H,6H2,1-3H3,(H,10,13,16). The number of H-pyrrole nitrogens is 1. The highest BCUT2D eigenvalue weighted by molar-refractivity contribution is 7.88. The molecule has 0 aliphatic carbocycles. The zero-order valence-electron chi connectivity index (χ0n) is 9.85. The van der Waals surface area contributed by atoms with Gasteiger partial charge >= 0.3 is 0 Å². The normalized spacial score (nSPS) is 12.6. The Morgan fingerprint density at radius 2 is 2.12 bits per heavy atom. The molecule has 1 heterocycles. The number of aromatic amines is 1. The molecule has 96 valence electrons. The molecule has 0 spiro atoms. The molecule has 0 saturated heterocycles. The molecular formula is C9H15N3O3S2. The minimum atomic E-state index is -3.29. The summed E-state index contributed by atoms with van der Waals surface area (Å²) in [6, 6.07) is 1.34. The van der Waals surface area contributed by atoms with Crippen molar-refractivity contribution in [3.05, 3.63) is 27.4 Å². The van der Waals surface area contributed by atoms with Crippen LogP contribution in [0.2, 0.25) is 0 Å². The van der Waals surface area contributed by atoms with Gasteiger partial charge in [-0.3, -0.25) is 9.78 Å². The zero-order valence-corrected chi connectivity index (χ0v) is 11.5. The van der Waals surface area contributed by atoms with Gasteiger partial charge < -0.3 is 4.57 Å². The van der Waals surface area contributed by atoms with Gasteiger partial charge in [-0.15, -0.1) is 0 Å². The SMILES string of the molecule is CC(C)(Cn1ccc(=O)[nH]c1=S)NS(C)(=O)=O. The molecule has 0 aliphatic heterocycles. The molecule has 17 heavy (non-hydrogen) atoms. The largest absolute Gasteiger partial charge is 0.323 e. The third-order valence-corrected chi connectivity index (χ3v) is 3.18. The van der Waals surface area contributed by atoms with Crippen LogP contribution in [0.1, 0.15) is 13.8 Å². The average molecular weight is 277 g/mol. The van der Waals surface area contributed by atoms with E-state index in [0.29, 0.717) is 6.54 Å². The molecule has 6 nitrogen and oxygen atoms in total. The lowest BCUT2D eigenvalue weighted by molar-refractivity contribution is 0.385. The van der Waals surface area contributed by atoms with Crippen LogP contribution >= 0.6 is 12.2 Å². The molecule has 0 atom stereocenters. The van der Waals surface area contributed by atoms with Gasteiger partial charge in [-0.1, -0.05) is 0 Å². The first-order valence-electron chi connectivity index (χ1n) is 4.88. The number of sulfonamides is 1. The van der Waals surface area contributed by atoms with E-state index in [4.69, 9.17) is 12.2 Å². The van der Waals surface area contributed by atoms with E-state index in [1.165, 1.54) is 12.3 Å². The summed E-state index contributed by atoms with van der Waals surface area (Å²) in [5.74, 6) is 0. The first kappa shape index (κ1) is 14.1. The Bertz CT molecular complexity index is 613. The summed E-state index contributed by atoms with van der Waals surface area (Å²) in [5.41, 5.74) is -0.968. The Hall–Kier alpha value is -0.990. The van der Waals surface area contributed by atoms with Gasteiger partial charge in [-0.2, -0.15) is 0 Å². The van der Waals surface area contributed by atoms with Crippen LogP contribution in [0, 0.1) is 4.77 Å². The maximum absolute atomic E-state index is 11.2. The highest BCUT2D eigenvalue weighted by Crippen LogP contribution is 2.07. The van der Waals surface area contributed by atoms with Gasteiger partial charge in [0.1, 0.15) is 0 Å². The summed E-state index contributed by atoms with van der Waals surface area (Å²) in [6.07, 6.45) is 2.63. The van der Waals surface area contributed by atoms with E-state index in [-0.39, 0.29) is 10.3 Å². The fourth-order valence-electron chi connectivity index (χ4n) is 1.53. The first-order valence-corrected chi connectivity index (χ1v) is 7.18. The molecule has 2 N–H and O–H groups in total. The van der Waals surface area contributed by atoms with E-state index in [2.05, 4.69) is 9.71 Å². The Balaban J connectivity index is 2.98. The second-order valence-electron chi connectivity index (χ2n) is 4.50. The van der Waals surface area contributed by atoms with Crippen molar-refractivity contribution in [1.29, 1.82) is 0 Å². The fourth-order valence-corrected chi connectivity index (χ4v) is 2.82. The number of rotatable bonds is 4. The summed E-state index contributed by atoms with van der Waals surface area (Å²) in [5, 5.41) is 0. The minimum Gasteiger partial charge on any atom is -0.323 e. The molecule has 0 aliphatic rings. The highest BCUT2D eigenvalue weighted by Gasteiger charge is 2.22. The molecule has 8 heteroatoms. The quantitative estimate of drug-likeness (QED) is 0.772. The molecule has 1 rings (SSSR count). The number of hydrogen-bond donors (Lipinski definition) is 2. The van der Waals surface area contributed by atoms with Gasteiger partial charge in [0.15, 0.2) is 4.77 Å². The van der Waals surface area contributed by atoms with Crippen molar-refractivity contribution in [2.75, 3.05) is 6.26 Å². The Morgan fingerprint density at radius 3 is 2.59 bits per heavy atom. The van der Waals surface area contributed by atoms with Crippen molar-refractivity contribution >= 4 is 22.2 Å². The van der Waals surface area contributed by atoms with Gasteiger partial charge in [0.2, 0.25) is 10.0 Å². The number of aromatic nitrogens is 2. The Kier molecular flexibility index (Phi) is 3.90. The van der Waals surface area contributed by atoms with E-state index in [1.54, 1.807) is 18.4 Å². The summed E-state index contributed by atoms with van der Waals surface area (Å²) < 4.78 is 26.7. The fraction of sp³-hybridized carbons (Fsp3) is 0.556. The van der Waals surface area contributed by atoms with E-state index in [9.17, 15) is 13.2 Å². The Labute approximate surface area is 105 Å². The lowest BCUT2D eigenvalue weighted by atomic mass is 10.1. The van der Waals surface area contributed by atoms with Gasteiger partial charge in [0, 0.05) is 24.3 Å². The molecule has 0 bridgehead atoms. The average Bonchev–Trinajstić information content (AvgIpc) is 2.05. The zero-order chi connectivity index (χ0) is 13.3. The van der Waals surface area contributed by atoms with Crippen LogP contribution in [0.4, 0.5) is 0 Å². The van der Waals surface area contributed by atoms with Crippen LogP contribution in [0.3, 0.4) is 0 Å². The van der Waals surface area contributed by atoms with E-state index in [1.807, 2.05) is 0 Å². The van der Waals surface area contributed by atoms with Crippen LogP contribution in [0.15, 0.2) is 17.1 Å². The van der Waals surface area contributed by atoms with Gasteiger partial charge in [-0.25, -0.2) is 13.1 Å². The van der Waals surface area contributed by atoms with Crippen molar-refractivity contribution in [2.45, 2.75) is 25.9 Å². The van der Waals surface area contributed by atoms with Gasteiger partial charge in [0.25, 0.3) is 5.56 Å². The minimum absolute atomic E-state index is 0.265. The molecule has 0 amide bonds. The monoisotopic (exact) mass is 277 g/mol. The topological polar surface area (TPSA) is 84.0 Å². The first-order chi connectivity index (χ1) is 7.59. The van der Waals surface area contributed by atoms with Crippen LogP contribution < -0.4 is 10.3 Å². The number of nitrogens with one attached hydrogen (secondary N) is 2. The lowest BCUT2D eigenvalue weighted by Crippen LogP contribution is -2.46. The second kappa shape index (κ2) is 4.71. The van der Waals surface area contributed by atoms with Crippen molar-refractivity contribution in [3.8, 4) is 0 Å². The number of hydrogen-bond acceptors (Lipinski definition) is 4. The predicted octanol–water partition coefficient (Wildman–Crippen LogP) is 0.234. The molecular weight excluding hydrogens is 262 g/mol. The molecule has 0 saturated carbocycles. The molecule has 0 aromatic carbocycles.